The average molecular weight is 422 g/mol. The van der Waals surface area contributed by atoms with Crippen LogP contribution in [0.2, 0.25) is 0 Å². The SMILES string of the molecule is Cc1cc(C)c(-n2nnnc2SCC(=O)Nc2cccc3c2C(=O)NC3=O)c(C)c1. The molecule has 4 rings (SSSR count). The van der Waals surface area contributed by atoms with E-state index in [1.807, 2.05) is 32.9 Å². The number of carbonyl (C=O) groups is 3. The van der Waals surface area contributed by atoms with Crippen LogP contribution in [0.3, 0.4) is 0 Å². The molecule has 0 atom stereocenters. The van der Waals surface area contributed by atoms with Crippen LogP contribution in [0.25, 0.3) is 5.69 Å². The molecule has 1 aliphatic heterocycles. The van der Waals surface area contributed by atoms with Crippen molar-refractivity contribution in [1.29, 1.82) is 0 Å². The number of imide groups is 1. The molecule has 152 valence electrons. The summed E-state index contributed by atoms with van der Waals surface area (Å²) in [4.78, 5) is 36.3. The minimum absolute atomic E-state index is 0.0313. The van der Waals surface area contributed by atoms with Gasteiger partial charge in [-0.3, -0.25) is 19.7 Å². The van der Waals surface area contributed by atoms with E-state index in [4.69, 9.17) is 0 Å². The Balaban J connectivity index is 1.51. The Hall–Kier alpha value is -3.53. The highest BCUT2D eigenvalue weighted by Gasteiger charge is 2.29. The van der Waals surface area contributed by atoms with Crippen LogP contribution in [-0.4, -0.2) is 43.7 Å². The second-order valence-corrected chi connectivity index (χ2v) is 7.91. The minimum atomic E-state index is -0.521. The van der Waals surface area contributed by atoms with E-state index >= 15 is 0 Å². The lowest BCUT2D eigenvalue weighted by atomic mass is 10.1. The van der Waals surface area contributed by atoms with Crippen molar-refractivity contribution < 1.29 is 14.4 Å². The number of nitrogens with one attached hydrogen (secondary N) is 2. The van der Waals surface area contributed by atoms with Gasteiger partial charge in [0.2, 0.25) is 11.1 Å². The second kappa shape index (κ2) is 7.71. The molecule has 9 nitrogen and oxygen atoms in total. The third-order valence-electron chi connectivity index (χ3n) is 4.66. The smallest absolute Gasteiger partial charge is 0.261 e. The van der Waals surface area contributed by atoms with E-state index < -0.39 is 11.8 Å². The van der Waals surface area contributed by atoms with Crippen LogP contribution in [0, 0.1) is 20.8 Å². The fraction of sp³-hybridized carbons (Fsp3) is 0.200. The van der Waals surface area contributed by atoms with Crippen molar-refractivity contribution in [3.8, 4) is 5.69 Å². The summed E-state index contributed by atoms with van der Waals surface area (Å²) >= 11 is 1.18. The molecule has 2 aromatic carbocycles. The van der Waals surface area contributed by atoms with Gasteiger partial charge in [0.1, 0.15) is 0 Å². The van der Waals surface area contributed by atoms with Crippen molar-refractivity contribution in [2.24, 2.45) is 0 Å². The fourth-order valence-electron chi connectivity index (χ4n) is 3.56. The van der Waals surface area contributed by atoms with E-state index in [9.17, 15) is 14.4 Å². The molecule has 0 saturated carbocycles. The van der Waals surface area contributed by atoms with Gasteiger partial charge in [-0.25, -0.2) is 0 Å². The van der Waals surface area contributed by atoms with Gasteiger partial charge in [-0.05, 0) is 54.5 Å². The van der Waals surface area contributed by atoms with Crippen molar-refractivity contribution >= 4 is 35.2 Å². The molecule has 2 N–H and O–H groups in total. The van der Waals surface area contributed by atoms with Crippen LogP contribution in [0.4, 0.5) is 5.69 Å². The number of rotatable bonds is 5. The van der Waals surface area contributed by atoms with E-state index in [1.165, 1.54) is 11.8 Å². The van der Waals surface area contributed by atoms with Crippen LogP contribution in [0.5, 0.6) is 0 Å². The van der Waals surface area contributed by atoms with Crippen molar-refractivity contribution in [1.82, 2.24) is 25.5 Å². The van der Waals surface area contributed by atoms with Crippen molar-refractivity contribution in [2.45, 2.75) is 25.9 Å². The minimum Gasteiger partial charge on any atom is -0.325 e. The Bertz CT molecular complexity index is 1180. The highest BCUT2D eigenvalue weighted by atomic mass is 32.2. The number of aryl methyl sites for hydroxylation is 3. The summed E-state index contributed by atoms with van der Waals surface area (Å²) in [5.41, 5.74) is 4.81. The highest BCUT2D eigenvalue weighted by molar-refractivity contribution is 7.99. The monoisotopic (exact) mass is 422 g/mol. The van der Waals surface area contributed by atoms with Gasteiger partial charge in [0.15, 0.2) is 0 Å². The number of carbonyl (C=O) groups excluding carboxylic acids is 3. The van der Waals surface area contributed by atoms with E-state index in [2.05, 4.69) is 26.2 Å². The number of hydrogen-bond donors (Lipinski definition) is 2. The number of hydrogen-bond acceptors (Lipinski definition) is 7. The van der Waals surface area contributed by atoms with Gasteiger partial charge in [0.25, 0.3) is 11.8 Å². The molecule has 0 aliphatic carbocycles. The molecule has 0 fully saturated rings. The summed E-state index contributed by atoms with van der Waals surface area (Å²) in [6.07, 6.45) is 0. The Morgan fingerprint density at radius 2 is 1.87 bits per heavy atom. The molecular weight excluding hydrogens is 404 g/mol. The summed E-state index contributed by atoms with van der Waals surface area (Å²) in [6, 6.07) is 8.84. The molecule has 0 saturated heterocycles. The predicted octanol–water partition coefficient (Wildman–Crippen LogP) is 2.20. The van der Waals surface area contributed by atoms with E-state index in [0.29, 0.717) is 10.8 Å². The Kier molecular flexibility index (Phi) is 5.08. The molecule has 0 unspecified atom stereocenters. The second-order valence-electron chi connectivity index (χ2n) is 6.97. The predicted molar refractivity (Wildman–Crippen MR) is 111 cm³/mol. The fourth-order valence-corrected chi connectivity index (χ4v) is 4.23. The Labute approximate surface area is 176 Å². The molecule has 1 aliphatic rings. The van der Waals surface area contributed by atoms with Gasteiger partial charge < -0.3 is 5.32 Å². The number of anilines is 1. The van der Waals surface area contributed by atoms with Crippen LogP contribution in [0.15, 0.2) is 35.5 Å². The molecule has 30 heavy (non-hydrogen) atoms. The lowest BCUT2D eigenvalue weighted by Gasteiger charge is -2.12. The van der Waals surface area contributed by atoms with E-state index in [0.717, 1.165) is 22.4 Å². The summed E-state index contributed by atoms with van der Waals surface area (Å²) in [7, 11) is 0. The Morgan fingerprint density at radius 1 is 1.13 bits per heavy atom. The molecule has 3 amide bonds. The number of nitrogens with zero attached hydrogens (tertiary/aromatic N) is 4. The first-order valence-electron chi connectivity index (χ1n) is 9.13. The first-order valence-corrected chi connectivity index (χ1v) is 10.1. The summed E-state index contributed by atoms with van der Waals surface area (Å²) in [5, 5.41) is 17.3. The van der Waals surface area contributed by atoms with Crippen molar-refractivity contribution in [3.05, 3.63) is 58.1 Å². The van der Waals surface area contributed by atoms with Crippen molar-refractivity contribution in [2.75, 3.05) is 11.1 Å². The molecule has 0 bridgehead atoms. The molecule has 0 radical (unpaired) electrons. The van der Waals surface area contributed by atoms with E-state index in [-0.39, 0.29) is 22.8 Å². The number of thioether (sulfide) groups is 1. The first kappa shape index (κ1) is 19.8. The molecule has 0 spiro atoms. The number of fused-ring (bicyclic) bond motifs is 1. The standard InChI is InChI=1S/C20H18N6O3S/c1-10-7-11(2)17(12(3)8-10)26-20(23-24-25-26)30-9-15(27)21-14-6-4-5-13-16(14)19(29)22-18(13)28/h4-8H,9H2,1-3H3,(H,21,27)(H,22,28,29). The summed E-state index contributed by atoms with van der Waals surface area (Å²) in [5.74, 6) is -1.30. The van der Waals surface area contributed by atoms with E-state index in [1.54, 1.807) is 22.9 Å². The molecule has 10 heteroatoms. The average Bonchev–Trinajstić information content (AvgIpc) is 3.24. The van der Waals surface area contributed by atoms with Crippen LogP contribution in [0.1, 0.15) is 37.4 Å². The first-order chi connectivity index (χ1) is 14.3. The van der Waals surface area contributed by atoms with Gasteiger partial charge in [0.05, 0.1) is 28.3 Å². The molecule has 3 aromatic rings. The van der Waals surface area contributed by atoms with Gasteiger partial charge in [0, 0.05) is 0 Å². The number of aromatic nitrogens is 4. The summed E-state index contributed by atoms with van der Waals surface area (Å²) < 4.78 is 1.62. The number of benzene rings is 2. The maximum Gasteiger partial charge on any atom is 0.261 e. The van der Waals surface area contributed by atoms with Crippen LogP contribution in [-0.2, 0) is 4.79 Å². The number of tetrazole rings is 1. The topological polar surface area (TPSA) is 119 Å². The largest absolute Gasteiger partial charge is 0.325 e. The zero-order valence-electron chi connectivity index (χ0n) is 16.5. The zero-order valence-corrected chi connectivity index (χ0v) is 17.3. The maximum atomic E-state index is 12.5. The lowest BCUT2D eigenvalue weighted by Crippen LogP contribution is -2.21. The third kappa shape index (κ3) is 3.57. The zero-order chi connectivity index (χ0) is 21.4. The molecule has 2 heterocycles. The third-order valence-corrected chi connectivity index (χ3v) is 5.58. The van der Waals surface area contributed by atoms with Crippen LogP contribution < -0.4 is 10.6 Å². The number of amides is 3. The normalized spacial score (nSPS) is 12.6. The van der Waals surface area contributed by atoms with Gasteiger partial charge >= 0.3 is 0 Å². The summed E-state index contributed by atoms with van der Waals surface area (Å²) in [6.45, 7) is 6.00. The lowest BCUT2D eigenvalue weighted by molar-refractivity contribution is -0.113. The Morgan fingerprint density at radius 3 is 2.60 bits per heavy atom. The molecule has 1 aromatic heterocycles. The quantitative estimate of drug-likeness (QED) is 0.478. The maximum absolute atomic E-state index is 12.5. The van der Waals surface area contributed by atoms with Crippen LogP contribution >= 0.6 is 11.8 Å². The van der Waals surface area contributed by atoms with Crippen molar-refractivity contribution in [3.63, 3.8) is 0 Å². The van der Waals surface area contributed by atoms with Gasteiger partial charge in [-0.2, -0.15) is 4.68 Å². The molecular formula is C20H18N6O3S. The van der Waals surface area contributed by atoms with Gasteiger partial charge in [-0.15, -0.1) is 5.10 Å². The van der Waals surface area contributed by atoms with Gasteiger partial charge in [-0.1, -0.05) is 35.5 Å². The highest BCUT2D eigenvalue weighted by Crippen LogP contribution is 2.26.